The minimum absolute atomic E-state index is 0.234. The Morgan fingerprint density at radius 3 is 2.17 bits per heavy atom. The van der Waals surface area contributed by atoms with E-state index in [1.807, 2.05) is 38.1 Å². The molecule has 9 heteroatoms. The number of hydrogen-bond donors (Lipinski definition) is 0. The molecule has 1 saturated heterocycles. The van der Waals surface area contributed by atoms with Crippen molar-refractivity contribution in [3.63, 3.8) is 0 Å². The van der Waals surface area contributed by atoms with Crippen molar-refractivity contribution in [3.05, 3.63) is 71.5 Å². The SMILES string of the molecule is Cc1ccc(-n2nnc(C(=O)N3CCN(S(=O)(=O)c4ccccc4)CC3)c2C)cc1. The summed E-state index contributed by atoms with van der Waals surface area (Å²) in [4.78, 5) is 14.9. The van der Waals surface area contributed by atoms with E-state index in [4.69, 9.17) is 0 Å². The molecular weight excluding hydrogens is 402 g/mol. The van der Waals surface area contributed by atoms with E-state index in [2.05, 4.69) is 10.3 Å². The zero-order chi connectivity index (χ0) is 21.3. The van der Waals surface area contributed by atoms with Gasteiger partial charge in [0.15, 0.2) is 5.69 Å². The molecule has 2 aromatic carbocycles. The third-order valence-corrected chi connectivity index (χ3v) is 7.20. The predicted octanol–water partition coefficient (Wildman–Crippen LogP) is 2.03. The number of carbonyl (C=O) groups excluding carboxylic acids is 1. The summed E-state index contributed by atoms with van der Waals surface area (Å²) in [6.07, 6.45) is 0. The Morgan fingerprint density at radius 2 is 1.53 bits per heavy atom. The van der Waals surface area contributed by atoms with Crippen molar-refractivity contribution in [1.82, 2.24) is 24.2 Å². The zero-order valence-electron chi connectivity index (χ0n) is 16.9. The molecular formula is C21H23N5O3S. The molecule has 4 rings (SSSR count). The van der Waals surface area contributed by atoms with Gasteiger partial charge in [0.2, 0.25) is 10.0 Å². The summed E-state index contributed by atoms with van der Waals surface area (Å²) < 4.78 is 28.6. The second-order valence-corrected chi connectivity index (χ2v) is 9.22. The molecule has 0 atom stereocenters. The average Bonchev–Trinajstić information content (AvgIpc) is 3.16. The van der Waals surface area contributed by atoms with Gasteiger partial charge in [-0.3, -0.25) is 4.79 Å². The molecule has 0 radical (unpaired) electrons. The van der Waals surface area contributed by atoms with Crippen LogP contribution in [0.25, 0.3) is 5.69 Å². The van der Waals surface area contributed by atoms with Crippen molar-refractivity contribution in [1.29, 1.82) is 0 Å². The van der Waals surface area contributed by atoms with E-state index in [0.717, 1.165) is 11.3 Å². The highest BCUT2D eigenvalue weighted by Gasteiger charge is 2.32. The maximum absolute atomic E-state index is 13.0. The molecule has 0 unspecified atom stereocenters. The van der Waals surface area contributed by atoms with Crippen LogP contribution in [0.4, 0.5) is 0 Å². The van der Waals surface area contributed by atoms with Crippen LogP contribution in [-0.4, -0.2) is 64.7 Å². The highest BCUT2D eigenvalue weighted by Crippen LogP contribution is 2.19. The van der Waals surface area contributed by atoms with Crippen LogP contribution in [0, 0.1) is 13.8 Å². The quantitative estimate of drug-likeness (QED) is 0.638. The Bertz CT molecular complexity index is 1150. The highest BCUT2D eigenvalue weighted by atomic mass is 32.2. The van der Waals surface area contributed by atoms with Gasteiger partial charge in [-0.25, -0.2) is 13.1 Å². The number of rotatable bonds is 4. The first-order chi connectivity index (χ1) is 14.4. The fourth-order valence-electron chi connectivity index (χ4n) is 3.48. The van der Waals surface area contributed by atoms with Crippen LogP contribution in [0.15, 0.2) is 59.5 Å². The van der Waals surface area contributed by atoms with E-state index >= 15 is 0 Å². The molecule has 1 aromatic heterocycles. The Balaban J connectivity index is 1.47. The fraction of sp³-hybridized carbons (Fsp3) is 0.286. The van der Waals surface area contributed by atoms with E-state index in [9.17, 15) is 13.2 Å². The maximum Gasteiger partial charge on any atom is 0.276 e. The summed E-state index contributed by atoms with van der Waals surface area (Å²) in [6, 6.07) is 16.2. The lowest BCUT2D eigenvalue weighted by atomic mass is 10.2. The standard InChI is InChI=1S/C21H23N5O3S/c1-16-8-10-18(11-9-16)26-17(2)20(22-23-26)21(27)24-12-14-25(15-13-24)30(28,29)19-6-4-3-5-7-19/h3-11H,12-15H2,1-2H3. The molecule has 0 N–H and O–H groups in total. The van der Waals surface area contributed by atoms with E-state index in [0.29, 0.717) is 18.8 Å². The van der Waals surface area contributed by atoms with Crippen LogP contribution in [0.1, 0.15) is 21.7 Å². The van der Waals surface area contributed by atoms with E-state index in [1.165, 1.54) is 4.31 Å². The molecule has 0 aliphatic carbocycles. The van der Waals surface area contributed by atoms with Crippen molar-refractivity contribution in [2.45, 2.75) is 18.7 Å². The first-order valence-electron chi connectivity index (χ1n) is 9.72. The molecule has 0 saturated carbocycles. The molecule has 1 amide bonds. The zero-order valence-corrected chi connectivity index (χ0v) is 17.7. The molecule has 1 aliphatic heterocycles. The lowest BCUT2D eigenvalue weighted by Gasteiger charge is -2.33. The summed E-state index contributed by atoms with van der Waals surface area (Å²) >= 11 is 0. The third-order valence-electron chi connectivity index (χ3n) is 5.28. The van der Waals surface area contributed by atoms with Crippen LogP contribution in [0.2, 0.25) is 0 Å². The van der Waals surface area contributed by atoms with Gasteiger partial charge < -0.3 is 4.90 Å². The molecule has 2 heterocycles. The van der Waals surface area contributed by atoms with Crippen molar-refractivity contribution < 1.29 is 13.2 Å². The molecule has 0 spiro atoms. The summed E-state index contributed by atoms with van der Waals surface area (Å²) in [5, 5.41) is 8.23. The summed E-state index contributed by atoms with van der Waals surface area (Å²) in [5.74, 6) is -0.234. The van der Waals surface area contributed by atoms with Gasteiger partial charge in [0.1, 0.15) is 0 Å². The minimum Gasteiger partial charge on any atom is -0.335 e. The first-order valence-corrected chi connectivity index (χ1v) is 11.2. The van der Waals surface area contributed by atoms with Crippen LogP contribution < -0.4 is 0 Å². The second kappa shape index (κ2) is 8.00. The smallest absolute Gasteiger partial charge is 0.276 e. The van der Waals surface area contributed by atoms with Crippen molar-refractivity contribution >= 4 is 15.9 Å². The number of sulfonamides is 1. The lowest BCUT2D eigenvalue weighted by Crippen LogP contribution is -2.50. The monoisotopic (exact) mass is 425 g/mol. The van der Waals surface area contributed by atoms with Crippen LogP contribution >= 0.6 is 0 Å². The molecule has 1 fully saturated rings. The predicted molar refractivity (Wildman–Crippen MR) is 112 cm³/mol. The van der Waals surface area contributed by atoms with Gasteiger partial charge in [-0.1, -0.05) is 41.1 Å². The van der Waals surface area contributed by atoms with Gasteiger partial charge >= 0.3 is 0 Å². The molecule has 30 heavy (non-hydrogen) atoms. The fourth-order valence-corrected chi connectivity index (χ4v) is 4.92. The third kappa shape index (κ3) is 3.73. The largest absolute Gasteiger partial charge is 0.335 e. The van der Waals surface area contributed by atoms with Gasteiger partial charge in [0.05, 0.1) is 16.3 Å². The van der Waals surface area contributed by atoms with E-state index < -0.39 is 10.0 Å². The first kappa shape index (κ1) is 20.2. The topological polar surface area (TPSA) is 88.4 Å². The van der Waals surface area contributed by atoms with Crippen LogP contribution in [0.3, 0.4) is 0 Å². The maximum atomic E-state index is 13.0. The summed E-state index contributed by atoms with van der Waals surface area (Å²) in [6.45, 7) is 4.92. The van der Waals surface area contributed by atoms with E-state index in [-0.39, 0.29) is 29.6 Å². The summed E-state index contributed by atoms with van der Waals surface area (Å²) in [7, 11) is -3.56. The van der Waals surface area contributed by atoms with Gasteiger partial charge in [-0.15, -0.1) is 5.10 Å². The molecule has 156 valence electrons. The minimum atomic E-state index is -3.56. The molecule has 1 aliphatic rings. The number of aryl methyl sites for hydroxylation is 1. The molecule has 0 bridgehead atoms. The van der Waals surface area contributed by atoms with Gasteiger partial charge in [0, 0.05) is 26.2 Å². The number of carbonyl (C=O) groups is 1. The van der Waals surface area contributed by atoms with Crippen molar-refractivity contribution in [2.75, 3.05) is 26.2 Å². The van der Waals surface area contributed by atoms with Crippen LogP contribution in [0.5, 0.6) is 0 Å². The van der Waals surface area contributed by atoms with Crippen molar-refractivity contribution in [3.8, 4) is 5.69 Å². The number of hydrogen-bond acceptors (Lipinski definition) is 5. The number of nitrogens with zero attached hydrogens (tertiary/aromatic N) is 5. The Labute approximate surface area is 175 Å². The summed E-state index contributed by atoms with van der Waals surface area (Å²) in [5.41, 5.74) is 2.91. The van der Waals surface area contributed by atoms with Crippen molar-refractivity contribution in [2.24, 2.45) is 0 Å². The number of aromatic nitrogens is 3. The van der Waals surface area contributed by atoms with Gasteiger partial charge in [-0.05, 0) is 38.1 Å². The lowest BCUT2D eigenvalue weighted by molar-refractivity contribution is 0.0691. The molecule has 8 nitrogen and oxygen atoms in total. The Morgan fingerprint density at radius 1 is 0.900 bits per heavy atom. The number of piperazine rings is 1. The Kier molecular flexibility index (Phi) is 5.40. The molecule has 3 aromatic rings. The van der Waals surface area contributed by atoms with Crippen LogP contribution in [-0.2, 0) is 10.0 Å². The Hall–Kier alpha value is -3.04. The highest BCUT2D eigenvalue weighted by molar-refractivity contribution is 7.89. The second-order valence-electron chi connectivity index (χ2n) is 7.28. The number of benzene rings is 2. The average molecular weight is 426 g/mol. The normalized spacial score (nSPS) is 15.3. The van der Waals surface area contributed by atoms with Gasteiger partial charge in [-0.2, -0.15) is 4.31 Å². The van der Waals surface area contributed by atoms with Gasteiger partial charge in [0.25, 0.3) is 5.91 Å². The van der Waals surface area contributed by atoms with E-state index in [1.54, 1.807) is 39.9 Å². The number of amides is 1.